The molecule has 1 aromatic rings. The van der Waals surface area contributed by atoms with Gasteiger partial charge in [-0.2, -0.15) is 0 Å². The highest BCUT2D eigenvalue weighted by atomic mass is 19.2. The number of aliphatic hydroxyl groups excluding tert-OH is 1. The van der Waals surface area contributed by atoms with Crippen molar-refractivity contribution < 1.29 is 18.7 Å². The molecule has 2 rings (SSSR count). The number of benzene rings is 1. The second-order valence-corrected chi connectivity index (χ2v) is 3.44. The summed E-state index contributed by atoms with van der Waals surface area (Å²) in [4.78, 5) is 12.4. The first-order chi connectivity index (χ1) is 7.09. The number of hydrogen-bond donors (Lipinski definition) is 1. The van der Waals surface area contributed by atoms with E-state index in [-0.39, 0.29) is 18.7 Å². The maximum Gasteiger partial charge on any atom is 0.229 e. The van der Waals surface area contributed by atoms with Crippen molar-refractivity contribution in [3.8, 4) is 0 Å². The number of carbonyl (C=O) groups is 1. The van der Waals surface area contributed by atoms with Crippen molar-refractivity contribution in [2.45, 2.75) is 12.5 Å². The molecule has 0 aromatic heterocycles. The third-order valence-corrected chi connectivity index (χ3v) is 2.33. The number of amides is 1. The molecule has 5 heteroatoms. The van der Waals surface area contributed by atoms with Crippen LogP contribution in [0.25, 0.3) is 0 Å². The summed E-state index contributed by atoms with van der Waals surface area (Å²) in [6.07, 6.45) is -0.851. The number of aliphatic hydroxyl groups is 1. The Hall–Kier alpha value is -1.49. The van der Waals surface area contributed by atoms with Crippen LogP contribution in [0.1, 0.15) is 6.42 Å². The summed E-state index contributed by atoms with van der Waals surface area (Å²) in [5.74, 6) is -2.45. The fourth-order valence-electron chi connectivity index (χ4n) is 1.62. The average molecular weight is 213 g/mol. The summed E-state index contributed by atoms with van der Waals surface area (Å²) in [5, 5.41) is 9.21. The summed E-state index contributed by atoms with van der Waals surface area (Å²) in [7, 11) is 0. The second kappa shape index (κ2) is 3.58. The van der Waals surface area contributed by atoms with Crippen molar-refractivity contribution >= 4 is 11.6 Å². The Morgan fingerprint density at radius 2 is 2.13 bits per heavy atom. The molecule has 1 fully saturated rings. The number of β-amino-alcohol motifs (C(OH)–C–C–N with tert-alkyl or cyclic N) is 1. The minimum absolute atomic E-state index is 0.0131. The smallest absolute Gasteiger partial charge is 0.229 e. The van der Waals surface area contributed by atoms with Gasteiger partial charge in [0.2, 0.25) is 5.91 Å². The van der Waals surface area contributed by atoms with E-state index in [0.717, 1.165) is 11.0 Å². The lowest BCUT2D eigenvalue weighted by Gasteiger charge is -2.16. The van der Waals surface area contributed by atoms with Crippen LogP contribution in [0.3, 0.4) is 0 Å². The maximum atomic E-state index is 13.3. The highest BCUT2D eigenvalue weighted by Gasteiger charge is 2.31. The molecule has 1 aliphatic rings. The van der Waals surface area contributed by atoms with Crippen LogP contribution >= 0.6 is 0 Å². The molecule has 1 atom stereocenters. The molecule has 0 aliphatic carbocycles. The Kier molecular flexibility index (Phi) is 2.40. The molecule has 1 saturated heterocycles. The van der Waals surface area contributed by atoms with E-state index in [2.05, 4.69) is 0 Å². The normalized spacial score (nSPS) is 21.1. The number of carbonyl (C=O) groups excluding carboxylic acids is 1. The zero-order chi connectivity index (χ0) is 11.0. The number of halogens is 2. The molecule has 1 amide bonds. The highest BCUT2D eigenvalue weighted by Crippen LogP contribution is 2.25. The van der Waals surface area contributed by atoms with Crippen LogP contribution in [0.15, 0.2) is 18.2 Å². The van der Waals surface area contributed by atoms with Gasteiger partial charge in [0.15, 0.2) is 11.6 Å². The largest absolute Gasteiger partial charge is 0.391 e. The van der Waals surface area contributed by atoms with E-state index in [1.54, 1.807) is 0 Å². The molecule has 0 saturated carbocycles. The molecule has 1 aliphatic heterocycles. The molecule has 3 nitrogen and oxygen atoms in total. The van der Waals surface area contributed by atoms with Crippen LogP contribution in [0.4, 0.5) is 14.5 Å². The van der Waals surface area contributed by atoms with Crippen molar-refractivity contribution in [1.29, 1.82) is 0 Å². The number of nitrogens with zero attached hydrogens (tertiary/aromatic N) is 1. The van der Waals surface area contributed by atoms with Gasteiger partial charge >= 0.3 is 0 Å². The van der Waals surface area contributed by atoms with Gasteiger partial charge in [-0.15, -0.1) is 0 Å². The number of rotatable bonds is 1. The molecular formula is C10H9F2NO2. The Morgan fingerprint density at radius 1 is 1.40 bits per heavy atom. The molecule has 0 spiro atoms. The Balaban J connectivity index is 2.38. The van der Waals surface area contributed by atoms with Crippen molar-refractivity contribution in [3.05, 3.63) is 29.8 Å². The van der Waals surface area contributed by atoms with E-state index in [4.69, 9.17) is 0 Å². The second-order valence-electron chi connectivity index (χ2n) is 3.44. The van der Waals surface area contributed by atoms with Gasteiger partial charge in [0.05, 0.1) is 24.8 Å². The first kappa shape index (κ1) is 10.0. The molecule has 1 aromatic carbocycles. The van der Waals surface area contributed by atoms with Gasteiger partial charge in [0.1, 0.15) is 0 Å². The minimum atomic E-state index is -1.06. The zero-order valence-electron chi connectivity index (χ0n) is 7.78. The quantitative estimate of drug-likeness (QED) is 0.757. The molecule has 0 bridgehead atoms. The highest BCUT2D eigenvalue weighted by molar-refractivity contribution is 5.96. The molecule has 1 unspecified atom stereocenters. The topological polar surface area (TPSA) is 40.5 Å². The predicted molar refractivity (Wildman–Crippen MR) is 49.3 cm³/mol. The van der Waals surface area contributed by atoms with E-state index in [1.165, 1.54) is 12.1 Å². The molecule has 15 heavy (non-hydrogen) atoms. The van der Waals surface area contributed by atoms with E-state index >= 15 is 0 Å². The molecule has 80 valence electrons. The summed E-state index contributed by atoms with van der Waals surface area (Å²) in [6, 6.07) is 3.62. The SMILES string of the molecule is O=C1CC(O)CN1c1cccc(F)c1F. The Bertz CT molecular complexity index is 408. The van der Waals surface area contributed by atoms with Crippen LogP contribution in [0, 0.1) is 11.6 Å². The monoisotopic (exact) mass is 213 g/mol. The van der Waals surface area contributed by atoms with Crippen LogP contribution in [-0.4, -0.2) is 23.7 Å². The van der Waals surface area contributed by atoms with Gasteiger partial charge in [-0.05, 0) is 12.1 Å². The number of hydrogen-bond acceptors (Lipinski definition) is 2. The van der Waals surface area contributed by atoms with Gasteiger partial charge < -0.3 is 10.0 Å². The van der Waals surface area contributed by atoms with Crippen LogP contribution in [0.2, 0.25) is 0 Å². The van der Waals surface area contributed by atoms with E-state index in [1.807, 2.05) is 0 Å². The third-order valence-electron chi connectivity index (χ3n) is 2.33. The Morgan fingerprint density at radius 3 is 2.73 bits per heavy atom. The van der Waals surface area contributed by atoms with Crippen molar-refractivity contribution in [2.24, 2.45) is 0 Å². The molecule has 1 heterocycles. The van der Waals surface area contributed by atoms with Crippen LogP contribution < -0.4 is 4.90 Å². The average Bonchev–Trinajstić information content (AvgIpc) is 2.50. The lowest BCUT2D eigenvalue weighted by atomic mass is 10.2. The van der Waals surface area contributed by atoms with Crippen molar-refractivity contribution in [1.82, 2.24) is 0 Å². The molecule has 1 N–H and O–H groups in total. The van der Waals surface area contributed by atoms with Gasteiger partial charge in [0.25, 0.3) is 0 Å². The summed E-state index contributed by atoms with van der Waals surface area (Å²) < 4.78 is 26.2. The Labute approximate surface area is 84.9 Å². The van der Waals surface area contributed by atoms with E-state index < -0.39 is 23.6 Å². The van der Waals surface area contributed by atoms with Gasteiger partial charge in [-0.3, -0.25) is 4.79 Å². The minimum Gasteiger partial charge on any atom is -0.391 e. The fraction of sp³-hybridized carbons (Fsp3) is 0.300. The third kappa shape index (κ3) is 1.70. The maximum absolute atomic E-state index is 13.3. The lowest BCUT2D eigenvalue weighted by Crippen LogP contribution is -2.26. The summed E-state index contributed by atoms with van der Waals surface area (Å²) in [6.45, 7) is 0.0131. The van der Waals surface area contributed by atoms with E-state index in [0.29, 0.717) is 0 Å². The summed E-state index contributed by atoms with van der Waals surface area (Å²) in [5.41, 5.74) is -0.114. The summed E-state index contributed by atoms with van der Waals surface area (Å²) >= 11 is 0. The first-order valence-corrected chi connectivity index (χ1v) is 4.52. The van der Waals surface area contributed by atoms with Crippen LogP contribution in [-0.2, 0) is 4.79 Å². The van der Waals surface area contributed by atoms with Gasteiger partial charge in [-0.1, -0.05) is 6.07 Å². The standard InChI is InChI=1S/C10H9F2NO2/c11-7-2-1-3-8(10(7)12)13-5-6(14)4-9(13)15/h1-3,6,14H,4-5H2. The first-order valence-electron chi connectivity index (χ1n) is 4.52. The predicted octanol–water partition coefficient (Wildman–Crippen LogP) is 1.06. The van der Waals surface area contributed by atoms with E-state index in [9.17, 15) is 18.7 Å². The van der Waals surface area contributed by atoms with Crippen molar-refractivity contribution in [3.63, 3.8) is 0 Å². The fourth-order valence-corrected chi connectivity index (χ4v) is 1.62. The molecule has 0 radical (unpaired) electrons. The zero-order valence-corrected chi connectivity index (χ0v) is 7.78. The number of anilines is 1. The van der Waals surface area contributed by atoms with Crippen LogP contribution in [0.5, 0.6) is 0 Å². The molecular weight excluding hydrogens is 204 g/mol. The van der Waals surface area contributed by atoms with Gasteiger partial charge in [-0.25, -0.2) is 8.78 Å². The lowest BCUT2D eigenvalue weighted by molar-refractivity contribution is -0.117. The van der Waals surface area contributed by atoms with Crippen molar-refractivity contribution in [2.75, 3.05) is 11.4 Å². The van der Waals surface area contributed by atoms with Gasteiger partial charge in [0, 0.05) is 0 Å².